The van der Waals surface area contributed by atoms with Crippen LogP contribution >= 0.6 is 45.1 Å². The third kappa shape index (κ3) is 13.1. The molecule has 0 fully saturated rings. The van der Waals surface area contributed by atoms with Gasteiger partial charge in [0.15, 0.2) is 0 Å². The van der Waals surface area contributed by atoms with Crippen molar-refractivity contribution in [3.8, 4) is 0 Å². The molecule has 0 aromatic heterocycles. The number of hydrogen-bond donors (Lipinski definition) is 0. The fourth-order valence-corrected chi connectivity index (χ4v) is 3.69. The van der Waals surface area contributed by atoms with Gasteiger partial charge in [-0.3, -0.25) is 0 Å². The Morgan fingerprint density at radius 1 is 1.15 bits per heavy atom. The molecule has 1 aliphatic rings. The maximum absolute atomic E-state index is 2.21. The Hall–Kier alpha value is 1.14. The van der Waals surface area contributed by atoms with Crippen LogP contribution < -0.4 is 0 Å². The van der Waals surface area contributed by atoms with Crippen molar-refractivity contribution in [3.63, 3.8) is 0 Å². The Labute approximate surface area is 98.9 Å². The van der Waals surface area contributed by atoms with Crippen LogP contribution in [0.25, 0.3) is 0 Å². The topological polar surface area (TPSA) is 0 Å². The molecule has 13 heavy (non-hydrogen) atoms. The molecule has 0 saturated heterocycles. The Balaban J connectivity index is 0.000000243. The minimum Gasteiger partial charge on any atom is -0.161 e. The summed E-state index contributed by atoms with van der Waals surface area (Å²) in [5.74, 6) is 6.39. The van der Waals surface area contributed by atoms with Gasteiger partial charge in [-0.25, -0.2) is 0 Å². The van der Waals surface area contributed by atoms with Crippen molar-refractivity contribution in [2.45, 2.75) is 13.8 Å². The van der Waals surface area contributed by atoms with Crippen LogP contribution in [-0.4, -0.2) is 28.8 Å². The third-order valence-electron chi connectivity index (χ3n) is 1.16. The highest BCUT2D eigenvalue weighted by molar-refractivity contribution is 8.78. The zero-order chi connectivity index (χ0) is 9.78. The van der Waals surface area contributed by atoms with Crippen LogP contribution in [0.5, 0.6) is 0 Å². The summed E-state index contributed by atoms with van der Waals surface area (Å²) in [4.78, 5) is 0. The van der Waals surface area contributed by atoms with Crippen LogP contribution in [0.15, 0.2) is 11.5 Å². The van der Waals surface area contributed by atoms with Crippen molar-refractivity contribution in [1.29, 1.82) is 0 Å². The Bertz CT molecular complexity index is 102. The second kappa shape index (κ2) is 13.1. The van der Waals surface area contributed by atoms with Crippen LogP contribution in [0.2, 0.25) is 0 Å². The quantitative estimate of drug-likeness (QED) is 0.527. The van der Waals surface area contributed by atoms with Gasteiger partial charge in [-0.2, -0.15) is 23.5 Å². The molecule has 0 saturated carbocycles. The fraction of sp³-hybridized carbons (Fsp3) is 0.778. The van der Waals surface area contributed by atoms with Crippen LogP contribution in [-0.2, 0) is 0 Å². The maximum atomic E-state index is 2.21. The summed E-state index contributed by atoms with van der Waals surface area (Å²) in [6.07, 6.45) is 2.16. The number of rotatable bonds is 5. The second-order valence-electron chi connectivity index (χ2n) is 2.15. The van der Waals surface area contributed by atoms with Crippen molar-refractivity contribution in [3.05, 3.63) is 11.5 Å². The molecule has 0 bridgehead atoms. The summed E-state index contributed by atoms with van der Waals surface area (Å²) in [6.45, 7) is 4.42. The van der Waals surface area contributed by atoms with Crippen LogP contribution in [0.1, 0.15) is 13.8 Å². The van der Waals surface area contributed by atoms with Crippen molar-refractivity contribution < 1.29 is 0 Å². The Morgan fingerprint density at radius 3 is 2.00 bits per heavy atom. The molecule has 0 aliphatic carbocycles. The summed E-state index contributed by atoms with van der Waals surface area (Å²) in [5, 5.41) is 2.12. The van der Waals surface area contributed by atoms with E-state index in [0.29, 0.717) is 0 Å². The van der Waals surface area contributed by atoms with Gasteiger partial charge in [0.25, 0.3) is 0 Å². The summed E-state index contributed by atoms with van der Waals surface area (Å²) in [5.41, 5.74) is 0. The van der Waals surface area contributed by atoms with Gasteiger partial charge < -0.3 is 0 Å². The number of thioether (sulfide) groups is 2. The molecule has 0 unspecified atom stereocenters. The third-order valence-corrected chi connectivity index (χ3v) is 5.14. The molecule has 0 radical (unpaired) electrons. The molecule has 1 aliphatic heterocycles. The lowest BCUT2D eigenvalue weighted by atomic mass is 10.8. The summed E-state index contributed by atoms with van der Waals surface area (Å²) >= 11 is 4.05. The van der Waals surface area contributed by atoms with Gasteiger partial charge >= 0.3 is 0 Å². The predicted molar refractivity (Wildman–Crippen MR) is 75.2 cm³/mol. The summed E-state index contributed by atoms with van der Waals surface area (Å²) in [6, 6.07) is 0. The fourth-order valence-electron chi connectivity index (χ4n) is 0.603. The molecular weight excluding hydrogens is 236 g/mol. The molecular formula is C9H18S4. The molecule has 4 heteroatoms. The molecule has 0 spiro atoms. The van der Waals surface area contributed by atoms with E-state index >= 15 is 0 Å². The summed E-state index contributed by atoms with van der Waals surface area (Å²) in [7, 11) is 3.69. The van der Waals surface area contributed by atoms with E-state index < -0.39 is 0 Å². The molecule has 0 atom stereocenters. The minimum atomic E-state index is 1.20. The predicted octanol–water partition coefficient (Wildman–Crippen LogP) is 4.39. The first-order valence-corrected chi connectivity index (χ1v) is 9.19. The highest BCUT2D eigenvalue weighted by Gasteiger charge is 1.86. The van der Waals surface area contributed by atoms with Crippen molar-refractivity contribution in [2.24, 2.45) is 0 Å². The van der Waals surface area contributed by atoms with Crippen LogP contribution in [0.4, 0.5) is 0 Å². The molecule has 0 amide bonds. The van der Waals surface area contributed by atoms with Gasteiger partial charge in [0.2, 0.25) is 0 Å². The standard InChI is InChI=1S/C6H14S2.C3H4S2/c1-3-7-5-6-8-4-2;1-2-4-5-3-1/h3-6H2,1-2H3;1-2H,3H2. The van der Waals surface area contributed by atoms with Gasteiger partial charge in [-0.05, 0) is 16.9 Å². The average Bonchev–Trinajstić information content (AvgIpc) is 2.70. The first-order chi connectivity index (χ1) is 6.41. The SMILES string of the molecule is C1=CSSC1.CCSCCSCC. The van der Waals surface area contributed by atoms with Gasteiger partial charge in [-0.15, -0.1) is 0 Å². The lowest BCUT2D eigenvalue weighted by Crippen LogP contribution is -1.83. The van der Waals surface area contributed by atoms with E-state index in [0.717, 1.165) is 0 Å². The second-order valence-corrected chi connectivity index (χ2v) is 7.25. The van der Waals surface area contributed by atoms with Gasteiger partial charge in [0.1, 0.15) is 0 Å². The molecule has 78 valence electrons. The Kier molecular flexibility index (Phi) is 14.3. The highest BCUT2D eigenvalue weighted by Crippen LogP contribution is 2.27. The van der Waals surface area contributed by atoms with Gasteiger partial charge in [0, 0.05) is 17.3 Å². The first-order valence-electron chi connectivity index (χ1n) is 4.50. The van der Waals surface area contributed by atoms with Crippen LogP contribution in [0.3, 0.4) is 0 Å². The van der Waals surface area contributed by atoms with Gasteiger partial charge in [0.05, 0.1) is 0 Å². The van der Waals surface area contributed by atoms with Gasteiger partial charge in [-0.1, -0.05) is 41.5 Å². The molecule has 1 heterocycles. The molecule has 1 rings (SSSR count). The largest absolute Gasteiger partial charge is 0.161 e. The van der Waals surface area contributed by atoms with E-state index in [1.54, 1.807) is 0 Å². The highest BCUT2D eigenvalue weighted by atomic mass is 33.1. The molecule has 0 aromatic carbocycles. The van der Waals surface area contributed by atoms with Crippen molar-refractivity contribution >= 4 is 45.1 Å². The molecule has 0 aromatic rings. The van der Waals surface area contributed by atoms with E-state index in [2.05, 4.69) is 25.3 Å². The first kappa shape index (κ1) is 14.1. The van der Waals surface area contributed by atoms with Crippen molar-refractivity contribution in [2.75, 3.05) is 28.8 Å². The number of hydrogen-bond acceptors (Lipinski definition) is 4. The monoisotopic (exact) mass is 254 g/mol. The maximum Gasteiger partial charge on any atom is 0.0229 e. The zero-order valence-electron chi connectivity index (χ0n) is 8.32. The van der Waals surface area contributed by atoms with Crippen LogP contribution in [0, 0.1) is 0 Å². The smallest absolute Gasteiger partial charge is 0.0229 e. The lowest BCUT2D eigenvalue weighted by molar-refractivity contribution is 1.45. The van der Waals surface area contributed by atoms with E-state index in [-0.39, 0.29) is 0 Å². The van der Waals surface area contributed by atoms with Crippen molar-refractivity contribution in [1.82, 2.24) is 0 Å². The molecule has 0 N–H and O–H groups in total. The summed E-state index contributed by atoms with van der Waals surface area (Å²) < 4.78 is 0. The zero-order valence-corrected chi connectivity index (χ0v) is 11.6. The molecule has 0 nitrogen and oxygen atoms in total. The van der Waals surface area contributed by atoms with E-state index in [4.69, 9.17) is 0 Å². The minimum absolute atomic E-state index is 1.20. The Morgan fingerprint density at radius 2 is 1.77 bits per heavy atom. The average molecular weight is 255 g/mol. The lowest BCUT2D eigenvalue weighted by Gasteiger charge is -1.94. The van der Waals surface area contributed by atoms with E-state index in [1.165, 1.54) is 28.8 Å². The van der Waals surface area contributed by atoms with E-state index in [9.17, 15) is 0 Å². The normalized spacial score (nSPS) is 14.0. The van der Waals surface area contributed by atoms with E-state index in [1.807, 2.05) is 45.1 Å².